The standard InChI is InChI=1S/C10H17O/c1-3-4-5-6-7-10(2)8-9-11/h4-5,10H,3,6-8H2,1-2H3/b5-4+. The van der Waals surface area contributed by atoms with Gasteiger partial charge in [-0.15, -0.1) is 0 Å². The summed E-state index contributed by atoms with van der Waals surface area (Å²) in [6.45, 7) is 4.21. The Morgan fingerprint density at radius 2 is 2.18 bits per heavy atom. The normalized spacial score (nSPS) is 13.6. The first-order valence-corrected chi connectivity index (χ1v) is 4.31. The summed E-state index contributed by atoms with van der Waals surface area (Å²) >= 11 is 0. The van der Waals surface area contributed by atoms with Crippen LogP contribution in [0.1, 0.15) is 39.5 Å². The molecule has 0 aromatic carbocycles. The molecule has 0 aliphatic rings. The van der Waals surface area contributed by atoms with Crippen LogP contribution >= 0.6 is 0 Å². The lowest BCUT2D eigenvalue weighted by atomic mass is 10.0. The molecule has 0 aromatic heterocycles. The van der Waals surface area contributed by atoms with E-state index in [-0.39, 0.29) is 0 Å². The molecule has 0 fully saturated rings. The molecule has 0 bridgehead atoms. The van der Waals surface area contributed by atoms with Crippen molar-refractivity contribution >= 4 is 6.29 Å². The molecular formula is C10H17O. The summed E-state index contributed by atoms with van der Waals surface area (Å²) in [7, 11) is 0. The van der Waals surface area contributed by atoms with Crippen LogP contribution in [0.3, 0.4) is 0 Å². The Bertz CT molecular complexity index is 116. The van der Waals surface area contributed by atoms with Gasteiger partial charge in [0.25, 0.3) is 0 Å². The van der Waals surface area contributed by atoms with E-state index in [1.54, 1.807) is 0 Å². The van der Waals surface area contributed by atoms with Gasteiger partial charge in [0.15, 0.2) is 6.29 Å². The third kappa shape index (κ3) is 7.31. The molecule has 0 aliphatic heterocycles. The van der Waals surface area contributed by atoms with Gasteiger partial charge in [-0.1, -0.05) is 26.0 Å². The fourth-order valence-electron chi connectivity index (χ4n) is 0.910. The zero-order valence-corrected chi connectivity index (χ0v) is 7.47. The van der Waals surface area contributed by atoms with E-state index in [1.165, 1.54) is 0 Å². The van der Waals surface area contributed by atoms with Gasteiger partial charge in [0.2, 0.25) is 0 Å². The van der Waals surface area contributed by atoms with E-state index in [2.05, 4.69) is 26.0 Å². The Hall–Kier alpha value is -0.590. The zero-order chi connectivity index (χ0) is 8.53. The summed E-state index contributed by atoms with van der Waals surface area (Å²) in [6, 6.07) is 0. The predicted molar refractivity (Wildman–Crippen MR) is 48.1 cm³/mol. The van der Waals surface area contributed by atoms with Gasteiger partial charge in [0, 0.05) is 6.42 Å². The lowest BCUT2D eigenvalue weighted by Crippen LogP contribution is -1.93. The molecule has 0 aromatic rings. The van der Waals surface area contributed by atoms with Crippen molar-refractivity contribution in [3.8, 4) is 0 Å². The van der Waals surface area contributed by atoms with Crippen molar-refractivity contribution < 1.29 is 4.79 Å². The second-order valence-corrected chi connectivity index (χ2v) is 2.91. The molecule has 0 saturated heterocycles. The molecule has 0 saturated carbocycles. The maximum atomic E-state index is 9.96. The third-order valence-electron chi connectivity index (χ3n) is 1.66. The number of carbonyl (C=O) groups excluding carboxylic acids is 1. The summed E-state index contributed by atoms with van der Waals surface area (Å²) < 4.78 is 0. The summed E-state index contributed by atoms with van der Waals surface area (Å²) in [5.74, 6) is 0.494. The van der Waals surface area contributed by atoms with Crippen molar-refractivity contribution in [3.05, 3.63) is 12.2 Å². The van der Waals surface area contributed by atoms with Gasteiger partial charge in [-0.3, -0.25) is 4.79 Å². The van der Waals surface area contributed by atoms with Gasteiger partial charge in [-0.2, -0.15) is 0 Å². The molecule has 1 radical (unpaired) electrons. The summed E-state index contributed by atoms with van der Waals surface area (Å²) in [4.78, 5) is 9.96. The molecule has 0 N–H and O–H groups in total. The first kappa shape index (κ1) is 10.4. The highest BCUT2D eigenvalue weighted by Gasteiger charge is 1.98. The van der Waals surface area contributed by atoms with Crippen LogP contribution in [0.15, 0.2) is 12.2 Å². The Morgan fingerprint density at radius 3 is 2.73 bits per heavy atom. The SMILES string of the molecule is CC/C=C/CCC(C)C[C]=O. The van der Waals surface area contributed by atoms with E-state index in [9.17, 15) is 4.79 Å². The van der Waals surface area contributed by atoms with Gasteiger partial charge >= 0.3 is 0 Å². The molecular weight excluding hydrogens is 136 g/mol. The molecule has 1 nitrogen and oxygen atoms in total. The van der Waals surface area contributed by atoms with Crippen LogP contribution in [0.4, 0.5) is 0 Å². The fraction of sp³-hybridized carbons (Fsp3) is 0.700. The average molecular weight is 153 g/mol. The third-order valence-corrected chi connectivity index (χ3v) is 1.66. The molecule has 1 heteroatoms. The lowest BCUT2D eigenvalue weighted by molar-refractivity contribution is 0.507. The minimum Gasteiger partial charge on any atom is -0.291 e. The van der Waals surface area contributed by atoms with Crippen LogP contribution < -0.4 is 0 Å². The van der Waals surface area contributed by atoms with Crippen molar-refractivity contribution in [2.45, 2.75) is 39.5 Å². The van der Waals surface area contributed by atoms with Crippen molar-refractivity contribution in [2.24, 2.45) is 5.92 Å². The Balaban J connectivity index is 3.22. The molecule has 0 spiro atoms. The molecule has 1 atom stereocenters. The van der Waals surface area contributed by atoms with Crippen molar-refractivity contribution in [3.63, 3.8) is 0 Å². The second-order valence-electron chi connectivity index (χ2n) is 2.91. The van der Waals surface area contributed by atoms with Crippen LogP contribution in [0.5, 0.6) is 0 Å². The Labute approximate surface area is 69.5 Å². The Kier molecular flexibility index (Phi) is 7.11. The number of hydrogen-bond acceptors (Lipinski definition) is 1. The van der Waals surface area contributed by atoms with Crippen molar-refractivity contribution in [2.75, 3.05) is 0 Å². The smallest absolute Gasteiger partial charge is 0.198 e. The second kappa shape index (κ2) is 7.52. The number of allylic oxidation sites excluding steroid dienone is 2. The van der Waals surface area contributed by atoms with E-state index < -0.39 is 0 Å². The monoisotopic (exact) mass is 153 g/mol. The maximum absolute atomic E-state index is 9.96. The molecule has 1 unspecified atom stereocenters. The first-order chi connectivity index (χ1) is 5.31. The van der Waals surface area contributed by atoms with Crippen LogP contribution in [-0.4, -0.2) is 6.29 Å². The topological polar surface area (TPSA) is 17.1 Å². The minimum absolute atomic E-state index is 0.494. The average Bonchev–Trinajstić information content (AvgIpc) is 1.99. The van der Waals surface area contributed by atoms with Gasteiger partial charge in [0.05, 0.1) is 0 Å². The minimum atomic E-state index is 0.494. The molecule has 0 heterocycles. The quantitative estimate of drug-likeness (QED) is 0.536. The summed E-state index contributed by atoms with van der Waals surface area (Å²) in [5, 5.41) is 0. The van der Waals surface area contributed by atoms with Gasteiger partial charge in [-0.25, -0.2) is 0 Å². The Morgan fingerprint density at radius 1 is 1.45 bits per heavy atom. The van der Waals surface area contributed by atoms with Crippen molar-refractivity contribution in [1.29, 1.82) is 0 Å². The molecule has 0 amide bonds. The van der Waals surface area contributed by atoms with E-state index in [0.717, 1.165) is 19.3 Å². The number of hydrogen-bond donors (Lipinski definition) is 0. The summed E-state index contributed by atoms with van der Waals surface area (Å²) in [5.41, 5.74) is 0. The van der Waals surface area contributed by atoms with Crippen molar-refractivity contribution in [1.82, 2.24) is 0 Å². The largest absolute Gasteiger partial charge is 0.291 e. The molecule has 0 rings (SSSR count). The van der Waals surface area contributed by atoms with Crippen LogP contribution in [0.25, 0.3) is 0 Å². The highest BCUT2D eigenvalue weighted by atomic mass is 16.1. The van der Waals surface area contributed by atoms with E-state index in [0.29, 0.717) is 12.3 Å². The van der Waals surface area contributed by atoms with Gasteiger partial charge in [-0.05, 0) is 25.2 Å². The molecule has 63 valence electrons. The van der Waals surface area contributed by atoms with Gasteiger partial charge < -0.3 is 0 Å². The fourth-order valence-corrected chi connectivity index (χ4v) is 0.910. The van der Waals surface area contributed by atoms with Crippen LogP contribution in [-0.2, 0) is 4.79 Å². The van der Waals surface area contributed by atoms with Gasteiger partial charge in [0.1, 0.15) is 0 Å². The highest BCUT2D eigenvalue weighted by molar-refractivity contribution is 5.50. The van der Waals surface area contributed by atoms with E-state index in [4.69, 9.17) is 0 Å². The number of rotatable bonds is 6. The maximum Gasteiger partial charge on any atom is 0.198 e. The molecule has 0 aliphatic carbocycles. The van der Waals surface area contributed by atoms with E-state index >= 15 is 0 Å². The zero-order valence-electron chi connectivity index (χ0n) is 7.47. The van der Waals surface area contributed by atoms with Crippen LogP contribution in [0.2, 0.25) is 0 Å². The highest BCUT2D eigenvalue weighted by Crippen LogP contribution is 2.08. The van der Waals surface area contributed by atoms with Crippen LogP contribution in [0, 0.1) is 5.92 Å². The van der Waals surface area contributed by atoms with E-state index in [1.807, 2.05) is 6.29 Å². The lowest BCUT2D eigenvalue weighted by Gasteiger charge is -2.02. The first-order valence-electron chi connectivity index (χ1n) is 4.31. The molecule has 11 heavy (non-hydrogen) atoms. The predicted octanol–water partition coefficient (Wildman–Crippen LogP) is 2.87. The summed E-state index contributed by atoms with van der Waals surface area (Å²) in [6.07, 6.45) is 10.2.